The van der Waals surface area contributed by atoms with Gasteiger partial charge in [-0.05, 0) is 73.5 Å². The second kappa shape index (κ2) is 14.7. The molecule has 2 amide bonds. The highest BCUT2D eigenvalue weighted by Crippen LogP contribution is 2.26. The average molecular weight is 618 g/mol. The minimum atomic E-state index is -4.23. The van der Waals surface area contributed by atoms with Crippen molar-refractivity contribution < 1.29 is 27.1 Å². The predicted molar refractivity (Wildman–Crippen MR) is 168 cm³/mol. The smallest absolute Gasteiger partial charge is 0.264 e. The number of amides is 2. The molecule has 0 aliphatic heterocycles. The van der Waals surface area contributed by atoms with Crippen LogP contribution in [0.25, 0.3) is 0 Å². The summed E-state index contributed by atoms with van der Waals surface area (Å²) in [6.07, 6.45) is 0.183. The first-order valence-electron chi connectivity index (χ1n) is 14.2. The standard InChI is InChI=1S/C34H36FN3O5S/c1-25(2)36-34(40)32(22-26-10-6-4-7-11-26)37(23-27-14-16-28(35)17-15-27)33(39)24-38(29-12-8-5-9-13-29)44(41,42)31-20-18-30(43-3)19-21-31/h4-21,25,32H,22-24H2,1-3H3,(H,36,40). The maximum atomic E-state index is 14.3. The van der Waals surface area contributed by atoms with Gasteiger partial charge in [-0.15, -0.1) is 0 Å². The number of anilines is 1. The summed E-state index contributed by atoms with van der Waals surface area (Å²) in [5.74, 6) is -0.943. The molecule has 4 rings (SSSR count). The maximum absolute atomic E-state index is 14.3. The number of halogens is 1. The molecule has 10 heteroatoms. The Morgan fingerprint density at radius 3 is 1.98 bits per heavy atom. The third-order valence-corrected chi connectivity index (χ3v) is 8.73. The van der Waals surface area contributed by atoms with Crippen LogP contribution in [0.5, 0.6) is 5.75 Å². The lowest BCUT2D eigenvalue weighted by Crippen LogP contribution is -2.54. The number of rotatable bonds is 13. The number of para-hydroxylation sites is 1. The van der Waals surface area contributed by atoms with Crippen molar-refractivity contribution in [3.05, 3.63) is 126 Å². The summed E-state index contributed by atoms with van der Waals surface area (Å²) in [4.78, 5) is 29.4. The highest BCUT2D eigenvalue weighted by molar-refractivity contribution is 7.92. The Bertz CT molecular complexity index is 1630. The first kappa shape index (κ1) is 32.2. The van der Waals surface area contributed by atoms with E-state index in [2.05, 4.69) is 5.32 Å². The van der Waals surface area contributed by atoms with E-state index in [0.717, 1.165) is 9.87 Å². The van der Waals surface area contributed by atoms with Crippen LogP contribution in [-0.4, -0.2) is 50.9 Å². The quantitative estimate of drug-likeness (QED) is 0.223. The molecule has 0 fully saturated rings. The first-order valence-corrected chi connectivity index (χ1v) is 15.6. The molecule has 0 aliphatic rings. The summed E-state index contributed by atoms with van der Waals surface area (Å²) >= 11 is 0. The zero-order chi connectivity index (χ0) is 31.7. The SMILES string of the molecule is COc1ccc(S(=O)(=O)N(CC(=O)N(Cc2ccc(F)cc2)C(Cc2ccccc2)C(=O)NC(C)C)c2ccccc2)cc1. The van der Waals surface area contributed by atoms with Crippen molar-refractivity contribution in [2.24, 2.45) is 0 Å². The number of nitrogens with one attached hydrogen (secondary N) is 1. The molecule has 1 N–H and O–H groups in total. The van der Waals surface area contributed by atoms with Gasteiger partial charge in [-0.25, -0.2) is 12.8 Å². The van der Waals surface area contributed by atoms with Gasteiger partial charge in [-0.2, -0.15) is 0 Å². The molecule has 0 saturated carbocycles. The molecule has 1 unspecified atom stereocenters. The Morgan fingerprint density at radius 2 is 1.41 bits per heavy atom. The van der Waals surface area contributed by atoms with Crippen molar-refractivity contribution >= 4 is 27.5 Å². The van der Waals surface area contributed by atoms with Gasteiger partial charge in [-0.1, -0.05) is 60.7 Å². The second-order valence-electron chi connectivity index (χ2n) is 10.5. The normalized spacial score (nSPS) is 11.9. The van der Waals surface area contributed by atoms with Crippen LogP contribution in [-0.2, 0) is 32.6 Å². The van der Waals surface area contributed by atoms with E-state index in [-0.39, 0.29) is 35.5 Å². The molecule has 0 radical (unpaired) electrons. The third-order valence-electron chi connectivity index (χ3n) is 6.94. The lowest BCUT2D eigenvalue weighted by Gasteiger charge is -2.34. The van der Waals surface area contributed by atoms with E-state index >= 15 is 0 Å². The van der Waals surface area contributed by atoms with Crippen molar-refractivity contribution in [3.63, 3.8) is 0 Å². The Labute approximate surface area is 258 Å². The van der Waals surface area contributed by atoms with Crippen molar-refractivity contribution in [1.82, 2.24) is 10.2 Å². The second-order valence-corrected chi connectivity index (χ2v) is 12.4. The van der Waals surface area contributed by atoms with Crippen LogP contribution in [0.2, 0.25) is 0 Å². The van der Waals surface area contributed by atoms with Crippen molar-refractivity contribution in [3.8, 4) is 5.75 Å². The van der Waals surface area contributed by atoms with Crippen LogP contribution in [0.4, 0.5) is 10.1 Å². The number of carbonyl (C=O) groups is 2. The number of hydrogen-bond donors (Lipinski definition) is 1. The maximum Gasteiger partial charge on any atom is 0.264 e. The topological polar surface area (TPSA) is 96.0 Å². The first-order chi connectivity index (χ1) is 21.1. The molecular weight excluding hydrogens is 581 g/mol. The minimum absolute atomic E-state index is 0.0292. The number of benzene rings is 4. The van der Waals surface area contributed by atoms with E-state index in [1.807, 2.05) is 44.2 Å². The number of carbonyl (C=O) groups excluding carboxylic acids is 2. The third kappa shape index (κ3) is 8.23. The predicted octanol–water partition coefficient (Wildman–Crippen LogP) is 5.19. The summed E-state index contributed by atoms with van der Waals surface area (Å²) in [6, 6.07) is 27.9. The summed E-state index contributed by atoms with van der Waals surface area (Å²) in [6.45, 7) is 3.01. The zero-order valence-electron chi connectivity index (χ0n) is 24.9. The molecule has 0 heterocycles. The molecule has 0 saturated heterocycles. The highest BCUT2D eigenvalue weighted by atomic mass is 32.2. The largest absolute Gasteiger partial charge is 0.497 e. The van der Waals surface area contributed by atoms with E-state index in [4.69, 9.17) is 4.74 Å². The van der Waals surface area contributed by atoms with Gasteiger partial charge in [0.25, 0.3) is 10.0 Å². The van der Waals surface area contributed by atoms with E-state index in [9.17, 15) is 22.4 Å². The summed E-state index contributed by atoms with van der Waals surface area (Å²) in [5, 5.41) is 2.91. The van der Waals surface area contributed by atoms with Gasteiger partial charge < -0.3 is 15.0 Å². The Kier molecular flexibility index (Phi) is 10.7. The summed E-state index contributed by atoms with van der Waals surface area (Å²) in [5.41, 5.74) is 1.68. The molecule has 4 aromatic carbocycles. The lowest BCUT2D eigenvalue weighted by molar-refractivity contribution is -0.140. The van der Waals surface area contributed by atoms with Crippen LogP contribution >= 0.6 is 0 Å². The van der Waals surface area contributed by atoms with Gasteiger partial charge in [0.05, 0.1) is 17.7 Å². The van der Waals surface area contributed by atoms with Gasteiger partial charge in [0.2, 0.25) is 11.8 Å². The molecule has 1 atom stereocenters. The molecule has 44 heavy (non-hydrogen) atoms. The van der Waals surface area contributed by atoms with Gasteiger partial charge in [-0.3, -0.25) is 13.9 Å². The van der Waals surface area contributed by atoms with Gasteiger partial charge in [0, 0.05) is 19.0 Å². The number of methoxy groups -OCH3 is 1. The Hall–Kier alpha value is -4.70. The van der Waals surface area contributed by atoms with Gasteiger partial charge >= 0.3 is 0 Å². The van der Waals surface area contributed by atoms with E-state index in [1.54, 1.807) is 42.5 Å². The summed E-state index contributed by atoms with van der Waals surface area (Å²) < 4.78 is 48.0. The Balaban J connectivity index is 1.78. The highest BCUT2D eigenvalue weighted by Gasteiger charge is 2.34. The fourth-order valence-electron chi connectivity index (χ4n) is 4.72. The molecule has 0 aliphatic carbocycles. The van der Waals surface area contributed by atoms with Crippen LogP contribution in [0.1, 0.15) is 25.0 Å². The lowest BCUT2D eigenvalue weighted by atomic mass is 10.0. The fraction of sp³-hybridized carbons (Fsp3) is 0.235. The van der Waals surface area contributed by atoms with E-state index in [0.29, 0.717) is 11.3 Å². The molecule has 8 nitrogen and oxygen atoms in total. The van der Waals surface area contributed by atoms with Gasteiger partial charge in [0.1, 0.15) is 24.2 Å². The molecule has 0 spiro atoms. The molecule has 4 aromatic rings. The van der Waals surface area contributed by atoms with Crippen molar-refractivity contribution in [2.45, 2.75) is 43.8 Å². The molecule has 0 aromatic heterocycles. The number of nitrogens with zero attached hydrogens (tertiary/aromatic N) is 2. The molecule has 230 valence electrons. The number of ether oxygens (including phenoxy) is 1. The van der Waals surface area contributed by atoms with Crippen LogP contribution < -0.4 is 14.4 Å². The zero-order valence-corrected chi connectivity index (χ0v) is 25.7. The Morgan fingerprint density at radius 1 is 0.818 bits per heavy atom. The van der Waals surface area contributed by atoms with Crippen LogP contribution in [0.15, 0.2) is 114 Å². The molecule has 0 bridgehead atoms. The molecular formula is C34H36FN3O5S. The fourth-order valence-corrected chi connectivity index (χ4v) is 6.13. The van der Waals surface area contributed by atoms with Crippen LogP contribution in [0.3, 0.4) is 0 Å². The monoisotopic (exact) mass is 617 g/mol. The average Bonchev–Trinajstić information content (AvgIpc) is 3.02. The number of sulfonamides is 1. The number of hydrogen-bond acceptors (Lipinski definition) is 5. The van der Waals surface area contributed by atoms with Crippen molar-refractivity contribution in [1.29, 1.82) is 0 Å². The van der Waals surface area contributed by atoms with E-state index < -0.39 is 34.3 Å². The summed E-state index contributed by atoms with van der Waals surface area (Å²) in [7, 11) is -2.75. The van der Waals surface area contributed by atoms with Crippen molar-refractivity contribution in [2.75, 3.05) is 18.0 Å². The minimum Gasteiger partial charge on any atom is -0.497 e. The van der Waals surface area contributed by atoms with Gasteiger partial charge in [0.15, 0.2) is 0 Å². The van der Waals surface area contributed by atoms with Crippen LogP contribution in [0, 0.1) is 5.82 Å². The van der Waals surface area contributed by atoms with E-state index in [1.165, 1.54) is 48.4 Å².